The van der Waals surface area contributed by atoms with Crippen molar-refractivity contribution in [1.82, 2.24) is 0 Å². The standard InChI is InChI=1S/C75H85BN2O/c1-44-34-62-65-63(35-44)78(60-41-56-53(70(6,7)28-31-73(56,12)13)38-49(60)47-23-22-45-20-18-19-21-46(45)36-47)61-42-57-55(72(10,11)30-32-74(57,14)15)40-59(61)76(65)67-66(50-39-54-58(43-64(50)79-67)75(16,17)33-29-71(54,8)9)77(62)48-24-25-51-52(37-48)69(4,5)27-26-68(51,2)3/h18-25,34-43H,26-33H2,1-17H3. The normalized spacial score (nSPS) is 21.6. The molecule has 2 aliphatic heterocycles. The lowest BCUT2D eigenvalue weighted by atomic mass is 9.35. The molecular weight excluding hydrogens is 956 g/mol. The Balaban J connectivity index is 1.14. The number of fused-ring (bicyclic) bond motifs is 11. The quantitative estimate of drug-likeness (QED) is 0.164. The predicted molar refractivity (Wildman–Crippen MR) is 339 cm³/mol. The Hall–Kier alpha value is -6.00. The first-order chi connectivity index (χ1) is 37.0. The van der Waals surface area contributed by atoms with E-state index in [4.69, 9.17) is 4.42 Å². The van der Waals surface area contributed by atoms with Crippen LogP contribution in [-0.2, 0) is 43.3 Å². The van der Waals surface area contributed by atoms with Gasteiger partial charge in [-0.2, -0.15) is 0 Å². The lowest BCUT2D eigenvalue weighted by Gasteiger charge is -2.48. The highest BCUT2D eigenvalue weighted by atomic mass is 16.3. The topological polar surface area (TPSA) is 19.6 Å². The molecule has 8 aromatic rings. The minimum Gasteiger partial charge on any atom is -0.468 e. The van der Waals surface area contributed by atoms with E-state index in [0.717, 1.165) is 56.2 Å². The van der Waals surface area contributed by atoms with Gasteiger partial charge in [-0.15, -0.1) is 0 Å². The fourth-order valence-electron chi connectivity index (χ4n) is 16.4. The molecule has 7 aromatic carbocycles. The van der Waals surface area contributed by atoms with Crippen LogP contribution in [0.3, 0.4) is 0 Å². The zero-order valence-electron chi connectivity index (χ0n) is 50.9. The van der Waals surface area contributed by atoms with Crippen molar-refractivity contribution in [1.29, 1.82) is 0 Å². The van der Waals surface area contributed by atoms with Crippen LogP contribution in [0, 0.1) is 6.92 Å². The van der Waals surface area contributed by atoms with E-state index in [2.05, 4.69) is 237 Å². The van der Waals surface area contributed by atoms with Gasteiger partial charge in [0.15, 0.2) is 0 Å². The second-order valence-electron chi connectivity index (χ2n) is 31.3. The van der Waals surface area contributed by atoms with Gasteiger partial charge in [0.25, 0.3) is 6.71 Å². The molecule has 0 unspecified atom stereocenters. The van der Waals surface area contributed by atoms with Gasteiger partial charge in [0.2, 0.25) is 0 Å². The van der Waals surface area contributed by atoms with Gasteiger partial charge in [-0.05, 0) is 240 Å². The molecule has 14 rings (SSSR count). The van der Waals surface area contributed by atoms with E-state index in [-0.39, 0.29) is 50.0 Å². The van der Waals surface area contributed by atoms with Crippen molar-refractivity contribution in [2.24, 2.45) is 0 Å². The van der Waals surface area contributed by atoms with Crippen LogP contribution in [0.2, 0.25) is 0 Å². The number of rotatable bonds is 3. The highest BCUT2D eigenvalue weighted by molar-refractivity contribution is 7.00. The van der Waals surface area contributed by atoms with Crippen LogP contribution in [0.5, 0.6) is 0 Å². The van der Waals surface area contributed by atoms with Gasteiger partial charge >= 0.3 is 0 Å². The van der Waals surface area contributed by atoms with Crippen LogP contribution in [-0.4, -0.2) is 6.71 Å². The first-order valence-electron chi connectivity index (χ1n) is 30.4. The van der Waals surface area contributed by atoms with Crippen LogP contribution in [0.25, 0.3) is 32.9 Å². The number of anilines is 6. The molecule has 4 heteroatoms. The summed E-state index contributed by atoms with van der Waals surface area (Å²) >= 11 is 0. The lowest BCUT2D eigenvalue weighted by molar-refractivity contribution is 0.332. The average Bonchev–Trinajstić information content (AvgIpc) is 3.87. The molecule has 1 aromatic heterocycles. The number of hydrogen-bond donors (Lipinski definition) is 0. The summed E-state index contributed by atoms with van der Waals surface area (Å²) in [5.74, 6) is 0. The SMILES string of the molecule is Cc1cc2c3c(c1)N(c1ccc4c(c1)C(C)(C)CCC4(C)C)c1c(oc4cc5c(cc14)C(C)(C)CCC5(C)C)B3c1cc3c(cc1N2c1cc2c(cc1-c1ccc4ccccc4c1)C(C)(C)CCC2(C)C)C(C)(C)CCC3(C)C. The zero-order chi connectivity index (χ0) is 55.7. The van der Waals surface area contributed by atoms with E-state index in [1.165, 1.54) is 129 Å². The summed E-state index contributed by atoms with van der Waals surface area (Å²) in [5.41, 5.74) is 28.1. The number of hydrogen-bond acceptors (Lipinski definition) is 3. The number of benzene rings is 7. The predicted octanol–water partition coefficient (Wildman–Crippen LogP) is 19.0. The molecule has 4 aliphatic carbocycles. The summed E-state index contributed by atoms with van der Waals surface area (Å²) in [6.07, 6.45) is 9.25. The Bertz CT molecular complexity index is 3960. The molecule has 3 nitrogen and oxygen atoms in total. The van der Waals surface area contributed by atoms with E-state index >= 15 is 0 Å². The van der Waals surface area contributed by atoms with Crippen molar-refractivity contribution in [2.45, 2.75) is 212 Å². The van der Waals surface area contributed by atoms with E-state index in [1.807, 2.05) is 0 Å². The van der Waals surface area contributed by atoms with Crippen molar-refractivity contribution in [3.8, 4) is 11.1 Å². The molecule has 0 atom stereocenters. The molecule has 404 valence electrons. The monoisotopic (exact) mass is 1040 g/mol. The molecule has 3 heterocycles. The van der Waals surface area contributed by atoms with Gasteiger partial charge in [-0.25, -0.2) is 0 Å². The van der Waals surface area contributed by atoms with E-state index in [1.54, 1.807) is 0 Å². The van der Waals surface area contributed by atoms with Gasteiger partial charge in [0.1, 0.15) is 5.58 Å². The summed E-state index contributed by atoms with van der Waals surface area (Å²) in [7, 11) is 0. The molecule has 0 amide bonds. The lowest BCUT2D eigenvalue weighted by Crippen LogP contribution is -2.61. The smallest absolute Gasteiger partial charge is 0.297 e. The van der Waals surface area contributed by atoms with Crippen molar-refractivity contribution in [3.05, 3.63) is 159 Å². The Kier molecular flexibility index (Phi) is 10.5. The second kappa shape index (κ2) is 16.1. The first-order valence-corrected chi connectivity index (χ1v) is 30.4. The first kappa shape index (κ1) is 51.2. The number of furan rings is 1. The van der Waals surface area contributed by atoms with E-state index in [0.29, 0.717) is 0 Å². The highest BCUT2D eigenvalue weighted by Gasteiger charge is 2.51. The highest BCUT2D eigenvalue weighted by Crippen LogP contribution is 2.57. The Morgan fingerprint density at radius 2 is 0.861 bits per heavy atom. The Labute approximate surface area is 473 Å². The second-order valence-corrected chi connectivity index (χ2v) is 31.3. The molecule has 79 heavy (non-hydrogen) atoms. The van der Waals surface area contributed by atoms with Crippen LogP contribution < -0.4 is 26.4 Å². The summed E-state index contributed by atoms with van der Waals surface area (Å²) in [6, 6.07) is 44.5. The van der Waals surface area contributed by atoms with Gasteiger partial charge in [-0.1, -0.05) is 159 Å². The van der Waals surface area contributed by atoms with E-state index < -0.39 is 0 Å². The Morgan fingerprint density at radius 3 is 1.44 bits per heavy atom. The van der Waals surface area contributed by atoms with Gasteiger partial charge in [0, 0.05) is 33.7 Å². The minimum absolute atomic E-state index is 0.00385. The van der Waals surface area contributed by atoms with E-state index in [9.17, 15) is 0 Å². The van der Waals surface area contributed by atoms with Crippen LogP contribution in [0.4, 0.5) is 34.1 Å². The maximum Gasteiger partial charge on any atom is 0.297 e. The molecule has 0 radical (unpaired) electrons. The molecule has 0 spiro atoms. The summed E-state index contributed by atoms with van der Waals surface area (Å²) < 4.78 is 7.87. The minimum atomic E-state index is -0.148. The van der Waals surface area contributed by atoms with Crippen molar-refractivity contribution >= 4 is 79.2 Å². The fourth-order valence-corrected chi connectivity index (χ4v) is 16.4. The largest absolute Gasteiger partial charge is 0.468 e. The molecule has 0 N–H and O–H groups in total. The maximum atomic E-state index is 7.87. The van der Waals surface area contributed by atoms with Crippen LogP contribution in [0.15, 0.2) is 114 Å². The van der Waals surface area contributed by atoms with Crippen molar-refractivity contribution in [2.75, 3.05) is 9.80 Å². The van der Waals surface area contributed by atoms with Crippen LogP contribution >= 0.6 is 0 Å². The van der Waals surface area contributed by atoms with Gasteiger partial charge < -0.3 is 14.2 Å². The molecule has 6 aliphatic rings. The molecular formula is C75H85BN2O. The van der Waals surface area contributed by atoms with Gasteiger partial charge in [0.05, 0.1) is 17.0 Å². The third kappa shape index (κ3) is 7.36. The summed E-state index contributed by atoms with van der Waals surface area (Å²) in [4.78, 5) is 5.46. The summed E-state index contributed by atoms with van der Waals surface area (Å²) in [5, 5.41) is 3.77. The van der Waals surface area contributed by atoms with Crippen molar-refractivity contribution in [3.63, 3.8) is 0 Å². The molecule has 0 bridgehead atoms. The number of aryl methyl sites for hydroxylation is 1. The fraction of sp³-hybridized carbons (Fsp3) is 0.440. The third-order valence-corrected chi connectivity index (χ3v) is 22.1. The van der Waals surface area contributed by atoms with Crippen LogP contribution in [0.1, 0.15) is 212 Å². The van der Waals surface area contributed by atoms with Crippen molar-refractivity contribution < 1.29 is 4.42 Å². The summed E-state index contributed by atoms with van der Waals surface area (Å²) in [6.45, 7) is 41.9. The Morgan fingerprint density at radius 1 is 0.392 bits per heavy atom. The van der Waals surface area contributed by atoms with Gasteiger partial charge in [-0.3, -0.25) is 0 Å². The molecule has 0 fully saturated rings. The zero-order valence-corrected chi connectivity index (χ0v) is 50.9. The number of nitrogens with zero attached hydrogens (tertiary/aromatic N) is 2. The average molecular weight is 1040 g/mol. The maximum absolute atomic E-state index is 7.87. The molecule has 0 saturated heterocycles. The molecule has 0 saturated carbocycles. The third-order valence-electron chi connectivity index (χ3n) is 22.1.